The van der Waals surface area contributed by atoms with Crippen molar-refractivity contribution < 1.29 is 4.79 Å². The Morgan fingerprint density at radius 2 is 2.05 bits per heavy atom. The largest absolute Gasteiger partial charge is 0.352 e. The van der Waals surface area contributed by atoms with E-state index >= 15 is 0 Å². The highest BCUT2D eigenvalue weighted by Gasteiger charge is 2.14. The van der Waals surface area contributed by atoms with E-state index in [-0.39, 0.29) is 5.91 Å². The Kier molecular flexibility index (Phi) is 6.36. The summed E-state index contributed by atoms with van der Waals surface area (Å²) in [7, 11) is 2.16. The molecule has 1 aliphatic rings. The Morgan fingerprint density at radius 3 is 2.73 bits per heavy atom. The van der Waals surface area contributed by atoms with Crippen LogP contribution in [-0.2, 0) is 6.54 Å². The van der Waals surface area contributed by atoms with E-state index in [2.05, 4.69) is 28.2 Å². The quantitative estimate of drug-likeness (QED) is 0.814. The smallest absolute Gasteiger partial charge is 0.251 e. The summed E-state index contributed by atoms with van der Waals surface area (Å²) in [6, 6.07) is 7.93. The topological polar surface area (TPSA) is 61.6 Å². The predicted octanol–water partition coefficient (Wildman–Crippen LogP) is 0.759. The zero-order valence-electron chi connectivity index (χ0n) is 13.7. The number of nitrogens with one attached hydrogen (secondary N) is 1. The molecule has 3 N–H and O–H groups in total. The number of likely N-dealkylation sites (N-methyl/N-ethyl adjacent to an activating group) is 1. The molecule has 0 radical (unpaired) electrons. The molecular formula is C17H28N4O. The van der Waals surface area contributed by atoms with Gasteiger partial charge in [0.25, 0.3) is 5.91 Å². The van der Waals surface area contributed by atoms with Gasteiger partial charge >= 0.3 is 0 Å². The van der Waals surface area contributed by atoms with Crippen molar-refractivity contribution in [3.05, 3.63) is 35.4 Å². The van der Waals surface area contributed by atoms with E-state index in [4.69, 9.17) is 5.73 Å². The van der Waals surface area contributed by atoms with Crippen molar-refractivity contribution >= 4 is 5.91 Å². The van der Waals surface area contributed by atoms with Crippen molar-refractivity contribution in [2.45, 2.75) is 13.5 Å². The van der Waals surface area contributed by atoms with E-state index < -0.39 is 0 Å². The van der Waals surface area contributed by atoms with Crippen LogP contribution >= 0.6 is 0 Å². The third-order valence-electron chi connectivity index (χ3n) is 4.20. The van der Waals surface area contributed by atoms with Gasteiger partial charge in [-0.25, -0.2) is 0 Å². The van der Waals surface area contributed by atoms with Crippen LogP contribution in [0.15, 0.2) is 24.3 Å². The maximum Gasteiger partial charge on any atom is 0.251 e. The molecule has 1 aliphatic heterocycles. The van der Waals surface area contributed by atoms with Crippen molar-refractivity contribution in [2.75, 3.05) is 46.3 Å². The van der Waals surface area contributed by atoms with Gasteiger partial charge in [0.1, 0.15) is 0 Å². The number of amides is 1. The standard InChI is InChI=1S/C17H28N4O/c1-14(11-18)12-19-17(22)16-5-3-4-15(10-16)13-21-8-6-20(2)7-9-21/h3-5,10,14H,6-9,11-13,18H2,1-2H3,(H,19,22). The first-order valence-corrected chi connectivity index (χ1v) is 8.06. The van der Waals surface area contributed by atoms with Crippen LogP contribution in [0.5, 0.6) is 0 Å². The maximum absolute atomic E-state index is 12.2. The Bertz CT molecular complexity index is 483. The highest BCUT2D eigenvalue weighted by Crippen LogP contribution is 2.10. The lowest BCUT2D eigenvalue weighted by atomic mass is 10.1. The first-order chi connectivity index (χ1) is 10.6. The molecule has 0 aliphatic carbocycles. The molecule has 1 heterocycles. The molecule has 0 bridgehead atoms. The molecule has 0 saturated carbocycles. The SMILES string of the molecule is CC(CN)CNC(=O)c1cccc(CN2CCN(C)CC2)c1. The second kappa shape index (κ2) is 8.27. The number of benzene rings is 1. The Labute approximate surface area is 133 Å². The molecule has 1 unspecified atom stereocenters. The molecule has 2 rings (SSSR count). The third-order valence-corrected chi connectivity index (χ3v) is 4.20. The number of nitrogens with two attached hydrogens (primary N) is 1. The summed E-state index contributed by atoms with van der Waals surface area (Å²) in [4.78, 5) is 17.0. The van der Waals surface area contributed by atoms with Gasteiger partial charge in [-0.2, -0.15) is 0 Å². The summed E-state index contributed by atoms with van der Waals surface area (Å²) in [5, 5.41) is 2.95. The number of hydrogen-bond acceptors (Lipinski definition) is 4. The van der Waals surface area contributed by atoms with Crippen LogP contribution in [0.1, 0.15) is 22.8 Å². The van der Waals surface area contributed by atoms with Gasteiger partial charge in [0.2, 0.25) is 0 Å². The fraction of sp³-hybridized carbons (Fsp3) is 0.588. The third kappa shape index (κ3) is 5.09. The molecule has 1 aromatic carbocycles. The molecule has 1 amide bonds. The van der Waals surface area contributed by atoms with Crippen LogP contribution in [0.25, 0.3) is 0 Å². The van der Waals surface area contributed by atoms with Gasteiger partial charge in [-0.1, -0.05) is 19.1 Å². The lowest BCUT2D eigenvalue weighted by Crippen LogP contribution is -2.43. The van der Waals surface area contributed by atoms with Crippen LogP contribution in [0.2, 0.25) is 0 Å². The van der Waals surface area contributed by atoms with Crippen molar-refractivity contribution in [3.63, 3.8) is 0 Å². The summed E-state index contributed by atoms with van der Waals surface area (Å²) in [6.45, 7) is 8.54. The number of hydrogen-bond donors (Lipinski definition) is 2. The van der Waals surface area contributed by atoms with E-state index in [0.717, 1.165) is 38.3 Å². The van der Waals surface area contributed by atoms with Crippen LogP contribution in [0.4, 0.5) is 0 Å². The number of piperazine rings is 1. The number of carbonyl (C=O) groups excluding carboxylic acids is 1. The zero-order valence-corrected chi connectivity index (χ0v) is 13.7. The predicted molar refractivity (Wildman–Crippen MR) is 89.8 cm³/mol. The lowest BCUT2D eigenvalue weighted by molar-refractivity contribution is 0.0948. The van der Waals surface area contributed by atoms with Gasteiger partial charge in [-0.05, 0) is 37.2 Å². The molecule has 122 valence electrons. The molecule has 22 heavy (non-hydrogen) atoms. The highest BCUT2D eigenvalue weighted by atomic mass is 16.1. The first kappa shape index (κ1) is 16.9. The van der Waals surface area contributed by atoms with Crippen molar-refractivity contribution in [1.29, 1.82) is 0 Å². The Hall–Kier alpha value is -1.43. The lowest BCUT2D eigenvalue weighted by Gasteiger charge is -2.32. The molecule has 0 spiro atoms. The van der Waals surface area contributed by atoms with Crippen LogP contribution in [0, 0.1) is 5.92 Å². The van der Waals surface area contributed by atoms with Crippen molar-refractivity contribution in [1.82, 2.24) is 15.1 Å². The fourth-order valence-electron chi connectivity index (χ4n) is 2.53. The number of nitrogens with zero attached hydrogens (tertiary/aromatic N) is 2. The van der Waals surface area contributed by atoms with E-state index in [1.807, 2.05) is 25.1 Å². The summed E-state index contributed by atoms with van der Waals surface area (Å²) in [6.07, 6.45) is 0. The number of rotatable bonds is 6. The normalized spacial score (nSPS) is 18.1. The monoisotopic (exact) mass is 304 g/mol. The van der Waals surface area contributed by atoms with E-state index in [1.165, 1.54) is 5.56 Å². The zero-order chi connectivity index (χ0) is 15.9. The van der Waals surface area contributed by atoms with Crippen LogP contribution in [0.3, 0.4) is 0 Å². The van der Waals surface area contributed by atoms with Crippen LogP contribution < -0.4 is 11.1 Å². The molecular weight excluding hydrogens is 276 g/mol. The van der Waals surface area contributed by atoms with Crippen LogP contribution in [-0.4, -0.2) is 62.0 Å². The van der Waals surface area contributed by atoms with Gasteiger partial charge in [0.05, 0.1) is 0 Å². The van der Waals surface area contributed by atoms with Gasteiger partial charge < -0.3 is 16.0 Å². The molecule has 1 atom stereocenters. The average molecular weight is 304 g/mol. The molecule has 5 heteroatoms. The molecule has 1 fully saturated rings. The number of carbonyl (C=O) groups is 1. The van der Waals surface area contributed by atoms with Gasteiger partial charge in [0.15, 0.2) is 0 Å². The maximum atomic E-state index is 12.2. The molecule has 0 aromatic heterocycles. The van der Waals surface area contributed by atoms with Gasteiger partial charge in [-0.15, -0.1) is 0 Å². The van der Waals surface area contributed by atoms with Crippen molar-refractivity contribution in [3.8, 4) is 0 Å². The first-order valence-electron chi connectivity index (χ1n) is 8.06. The Morgan fingerprint density at radius 1 is 1.32 bits per heavy atom. The summed E-state index contributed by atoms with van der Waals surface area (Å²) >= 11 is 0. The second-order valence-corrected chi connectivity index (χ2v) is 6.33. The highest BCUT2D eigenvalue weighted by molar-refractivity contribution is 5.94. The minimum absolute atomic E-state index is 0.0134. The van der Waals surface area contributed by atoms with E-state index in [1.54, 1.807) is 0 Å². The summed E-state index contributed by atoms with van der Waals surface area (Å²) in [5.41, 5.74) is 7.51. The summed E-state index contributed by atoms with van der Waals surface area (Å²) < 4.78 is 0. The average Bonchev–Trinajstić information content (AvgIpc) is 2.54. The van der Waals surface area contributed by atoms with Gasteiger partial charge in [-0.3, -0.25) is 9.69 Å². The second-order valence-electron chi connectivity index (χ2n) is 6.33. The van der Waals surface area contributed by atoms with E-state index in [9.17, 15) is 4.79 Å². The fourth-order valence-corrected chi connectivity index (χ4v) is 2.53. The molecule has 1 saturated heterocycles. The van der Waals surface area contributed by atoms with Crippen molar-refractivity contribution in [2.24, 2.45) is 11.7 Å². The minimum atomic E-state index is -0.0134. The summed E-state index contributed by atoms with van der Waals surface area (Å²) in [5.74, 6) is 0.290. The van der Waals surface area contributed by atoms with Gasteiger partial charge in [0, 0.05) is 44.8 Å². The Balaban J connectivity index is 1.90. The van der Waals surface area contributed by atoms with E-state index in [0.29, 0.717) is 19.0 Å². The minimum Gasteiger partial charge on any atom is -0.352 e. The molecule has 1 aromatic rings. The molecule has 5 nitrogen and oxygen atoms in total.